The van der Waals surface area contributed by atoms with Crippen molar-refractivity contribution < 1.29 is 0 Å². The third kappa shape index (κ3) is 3.61. The molecule has 1 aromatic carbocycles. The van der Waals surface area contributed by atoms with Gasteiger partial charge in [0, 0.05) is 18.6 Å². The van der Waals surface area contributed by atoms with E-state index in [0.717, 1.165) is 10.6 Å². The summed E-state index contributed by atoms with van der Waals surface area (Å²) in [6.07, 6.45) is 0. The lowest BCUT2D eigenvalue weighted by Gasteiger charge is -2.27. The molecule has 0 spiro atoms. The first-order valence-electron chi connectivity index (χ1n) is 5.59. The Kier molecular flexibility index (Phi) is 5.25. The van der Waals surface area contributed by atoms with Crippen LogP contribution in [0.2, 0.25) is 5.02 Å². The fourth-order valence-electron chi connectivity index (χ4n) is 1.56. The average Bonchev–Trinajstić information content (AvgIpc) is 2.35. The van der Waals surface area contributed by atoms with E-state index in [1.54, 1.807) is 0 Å². The maximum absolute atomic E-state index is 5.87. The molecular formula is C12H19ClN4. The van der Waals surface area contributed by atoms with Gasteiger partial charge in [0.1, 0.15) is 0 Å². The van der Waals surface area contributed by atoms with E-state index >= 15 is 0 Å². The Labute approximate surface area is 107 Å². The summed E-state index contributed by atoms with van der Waals surface area (Å²) >= 11 is 5.87. The lowest BCUT2D eigenvalue weighted by molar-refractivity contribution is 0.387. The number of halogens is 1. The molecule has 1 aromatic rings. The Morgan fingerprint density at radius 1 is 1.47 bits per heavy atom. The van der Waals surface area contributed by atoms with Crippen molar-refractivity contribution in [1.29, 1.82) is 0 Å². The van der Waals surface area contributed by atoms with Gasteiger partial charge in [-0.2, -0.15) is 0 Å². The van der Waals surface area contributed by atoms with Crippen molar-refractivity contribution in [2.75, 3.05) is 13.6 Å². The van der Waals surface area contributed by atoms with Gasteiger partial charge in [0.25, 0.3) is 0 Å². The molecule has 0 aliphatic rings. The van der Waals surface area contributed by atoms with Crippen LogP contribution in [-0.4, -0.2) is 24.5 Å². The first kappa shape index (κ1) is 13.8. The van der Waals surface area contributed by atoms with E-state index in [-0.39, 0.29) is 6.04 Å². The molecule has 0 saturated carbocycles. The van der Waals surface area contributed by atoms with E-state index in [0.29, 0.717) is 12.5 Å². The molecule has 4 nitrogen and oxygen atoms in total. The number of nitrogens with two attached hydrogens (primary N) is 1. The van der Waals surface area contributed by atoms with E-state index in [4.69, 9.17) is 17.4 Å². The molecule has 17 heavy (non-hydrogen) atoms. The summed E-state index contributed by atoms with van der Waals surface area (Å²) in [6.45, 7) is 4.75. The number of guanidine groups is 1. The molecular weight excluding hydrogens is 236 g/mol. The van der Waals surface area contributed by atoms with Crippen LogP contribution >= 0.6 is 11.6 Å². The summed E-state index contributed by atoms with van der Waals surface area (Å²) in [6, 6.07) is 7.95. The highest BCUT2D eigenvalue weighted by atomic mass is 35.5. The van der Waals surface area contributed by atoms with Crippen molar-refractivity contribution in [1.82, 2.24) is 10.3 Å². The van der Waals surface area contributed by atoms with Crippen molar-refractivity contribution >= 4 is 17.6 Å². The molecule has 0 bridgehead atoms. The third-order valence-electron chi connectivity index (χ3n) is 2.70. The molecule has 94 valence electrons. The van der Waals surface area contributed by atoms with Gasteiger partial charge >= 0.3 is 0 Å². The third-order valence-corrected chi connectivity index (χ3v) is 2.96. The predicted octanol–water partition coefficient (Wildman–Crippen LogP) is 2.17. The Hall–Kier alpha value is -1.26. The minimum absolute atomic E-state index is 0.175. The van der Waals surface area contributed by atoms with E-state index in [1.165, 1.54) is 0 Å². The van der Waals surface area contributed by atoms with E-state index in [1.807, 2.05) is 43.1 Å². The standard InChI is InChI=1S/C12H19ClN4/c1-4-15-12(16-14)17(3)9(2)10-5-7-11(13)8-6-10/h5-9H,4,14H2,1-3H3,(H,15,16). The van der Waals surface area contributed by atoms with Gasteiger partial charge in [-0.05, 0) is 31.5 Å². The van der Waals surface area contributed by atoms with Crippen molar-refractivity contribution in [2.45, 2.75) is 19.9 Å². The molecule has 0 radical (unpaired) electrons. The maximum atomic E-state index is 5.87. The lowest BCUT2D eigenvalue weighted by atomic mass is 10.1. The van der Waals surface area contributed by atoms with Gasteiger partial charge in [-0.1, -0.05) is 23.7 Å². The van der Waals surface area contributed by atoms with Crippen LogP contribution in [0.1, 0.15) is 25.5 Å². The van der Waals surface area contributed by atoms with Gasteiger partial charge in [0.05, 0.1) is 6.04 Å². The Morgan fingerprint density at radius 2 is 2.06 bits per heavy atom. The van der Waals surface area contributed by atoms with E-state index in [9.17, 15) is 0 Å². The normalized spacial score (nSPS) is 13.4. The molecule has 0 saturated heterocycles. The monoisotopic (exact) mass is 254 g/mol. The van der Waals surface area contributed by atoms with Crippen molar-refractivity contribution in [3.63, 3.8) is 0 Å². The Bertz CT molecular complexity index is 375. The highest BCUT2D eigenvalue weighted by Gasteiger charge is 2.14. The molecule has 0 fully saturated rings. The van der Waals surface area contributed by atoms with Gasteiger partial charge in [-0.3, -0.25) is 10.4 Å². The molecule has 0 amide bonds. The minimum atomic E-state index is 0.175. The van der Waals surface area contributed by atoms with Crippen LogP contribution < -0.4 is 11.3 Å². The van der Waals surface area contributed by atoms with Crippen molar-refractivity contribution in [3.8, 4) is 0 Å². The molecule has 3 N–H and O–H groups in total. The number of hydrogen-bond acceptors (Lipinski definition) is 2. The van der Waals surface area contributed by atoms with Crippen LogP contribution in [0.25, 0.3) is 0 Å². The SMILES string of the molecule is CCN=C(NN)N(C)C(C)c1ccc(Cl)cc1. The summed E-state index contributed by atoms with van der Waals surface area (Å²) in [7, 11) is 1.95. The smallest absolute Gasteiger partial charge is 0.208 e. The van der Waals surface area contributed by atoms with Gasteiger partial charge in [-0.15, -0.1) is 0 Å². The zero-order valence-corrected chi connectivity index (χ0v) is 11.2. The highest BCUT2D eigenvalue weighted by Crippen LogP contribution is 2.20. The summed E-state index contributed by atoms with van der Waals surface area (Å²) < 4.78 is 0. The molecule has 0 aliphatic heterocycles. The maximum Gasteiger partial charge on any atom is 0.208 e. The van der Waals surface area contributed by atoms with Crippen LogP contribution in [0.4, 0.5) is 0 Å². The zero-order chi connectivity index (χ0) is 12.8. The number of aliphatic imine (C=N–C) groups is 1. The first-order chi connectivity index (χ1) is 8.10. The van der Waals surface area contributed by atoms with Gasteiger partial charge in [-0.25, -0.2) is 5.84 Å². The first-order valence-corrected chi connectivity index (χ1v) is 5.97. The predicted molar refractivity (Wildman–Crippen MR) is 72.9 cm³/mol. The number of hydrogen-bond donors (Lipinski definition) is 2. The van der Waals surface area contributed by atoms with E-state index < -0.39 is 0 Å². The average molecular weight is 255 g/mol. The summed E-state index contributed by atoms with van der Waals surface area (Å²) in [5.74, 6) is 6.13. The molecule has 1 atom stereocenters. The number of rotatable bonds is 3. The zero-order valence-electron chi connectivity index (χ0n) is 10.4. The lowest BCUT2D eigenvalue weighted by Crippen LogP contribution is -2.43. The Balaban J connectivity index is 2.85. The molecule has 5 heteroatoms. The van der Waals surface area contributed by atoms with Gasteiger partial charge in [0.2, 0.25) is 5.96 Å². The molecule has 0 aliphatic carbocycles. The van der Waals surface area contributed by atoms with E-state index in [2.05, 4.69) is 17.3 Å². The molecule has 1 unspecified atom stereocenters. The number of benzene rings is 1. The van der Waals surface area contributed by atoms with Crippen LogP contribution in [0.15, 0.2) is 29.3 Å². The molecule has 0 heterocycles. The second kappa shape index (κ2) is 6.47. The second-order valence-corrected chi connectivity index (χ2v) is 4.22. The number of nitrogens with zero attached hydrogens (tertiary/aromatic N) is 2. The number of hydrazine groups is 1. The second-order valence-electron chi connectivity index (χ2n) is 3.78. The minimum Gasteiger partial charge on any atom is -0.338 e. The van der Waals surface area contributed by atoms with Crippen LogP contribution in [0.3, 0.4) is 0 Å². The van der Waals surface area contributed by atoms with Crippen LogP contribution in [-0.2, 0) is 0 Å². The number of nitrogens with one attached hydrogen (secondary N) is 1. The van der Waals surface area contributed by atoms with Crippen LogP contribution in [0, 0.1) is 0 Å². The topological polar surface area (TPSA) is 53.6 Å². The van der Waals surface area contributed by atoms with Crippen molar-refractivity contribution in [2.24, 2.45) is 10.8 Å². The summed E-state index contributed by atoms with van der Waals surface area (Å²) in [5, 5.41) is 0.739. The molecule has 1 rings (SSSR count). The fraction of sp³-hybridized carbons (Fsp3) is 0.417. The van der Waals surface area contributed by atoms with Crippen molar-refractivity contribution in [3.05, 3.63) is 34.9 Å². The Morgan fingerprint density at radius 3 is 2.53 bits per heavy atom. The quantitative estimate of drug-likeness (QED) is 0.376. The summed E-state index contributed by atoms with van der Waals surface area (Å²) in [4.78, 5) is 6.28. The fourth-order valence-corrected chi connectivity index (χ4v) is 1.68. The van der Waals surface area contributed by atoms with Crippen LogP contribution in [0.5, 0.6) is 0 Å². The van der Waals surface area contributed by atoms with Gasteiger partial charge in [0.15, 0.2) is 0 Å². The van der Waals surface area contributed by atoms with Gasteiger partial charge < -0.3 is 4.90 Å². The largest absolute Gasteiger partial charge is 0.338 e. The highest BCUT2D eigenvalue weighted by molar-refractivity contribution is 6.30. The summed E-state index contributed by atoms with van der Waals surface area (Å²) in [5.41, 5.74) is 3.78. The molecule has 0 aromatic heterocycles.